The number of nitriles is 1. The molecular weight excluding hydrogens is 364 g/mol. The number of unbranched alkanes of at least 4 members (excludes halogenated alkanes) is 6. The highest BCUT2D eigenvalue weighted by molar-refractivity contribution is 6.05. The number of carbonyl (C=O) groups is 1. The summed E-state index contributed by atoms with van der Waals surface area (Å²) in [5.74, 6) is 0.433. The Balaban J connectivity index is 2.72. The second-order valence-electron chi connectivity index (χ2n) is 7.51. The molecule has 0 fully saturated rings. The summed E-state index contributed by atoms with van der Waals surface area (Å²) < 4.78 is 10.3. The van der Waals surface area contributed by atoms with Crippen LogP contribution in [0.25, 0.3) is 5.57 Å². The van der Waals surface area contributed by atoms with Crippen LogP contribution in [0.3, 0.4) is 0 Å². The molecule has 0 heterocycles. The Bertz CT molecular complexity index is 672. The number of carbonyl (C=O) groups excluding carboxylic acids is 1. The van der Waals surface area contributed by atoms with Crippen molar-refractivity contribution in [2.45, 2.75) is 65.7 Å². The maximum Gasteiger partial charge on any atom is 0.262 e. The number of hydrogen-bond donors (Lipinski definition) is 1. The minimum absolute atomic E-state index is 0.0414. The Kier molecular flexibility index (Phi) is 12.5. The van der Waals surface area contributed by atoms with Crippen molar-refractivity contribution in [2.75, 3.05) is 20.4 Å². The summed E-state index contributed by atoms with van der Waals surface area (Å²) in [5.41, 5.74) is 1.80. The number of ether oxygens (including phenoxy) is 2. The topological polar surface area (TPSA) is 71.4 Å². The van der Waals surface area contributed by atoms with Gasteiger partial charge in [0.2, 0.25) is 0 Å². The minimum atomic E-state index is -0.290. The van der Waals surface area contributed by atoms with Crippen LogP contribution < -0.4 is 10.1 Å². The molecule has 0 radical (unpaired) electrons. The smallest absolute Gasteiger partial charge is 0.262 e. The molecule has 0 spiro atoms. The molecule has 0 saturated heterocycles. The second-order valence-corrected chi connectivity index (χ2v) is 7.51. The van der Waals surface area contributed by atoms with Crippen molar-refractivity contribution in [1.29, 1.82) is 5.26 Å². The van der Waals surface area contributed by atoms with E-state index in [9.17, 15) is 10.1 Å². The third-order valence-electron chi connectivity index (χ3n) is 4.76. The average Bonchev–Trinajstić information content (AvgIpc) is 2.72. The number of amides is 1. The Morgan fingerprint density at radius 2 is 1.69 bits per heavy atom. The van der Waals surface area contributed by atoms with Gasteiger partial charge in [-0.3, -0.25) is 4.79 Å². The first-order valence-electron chi connectivity index (χ1n) is 10.7. The van der Waals surface area contributed by atoms with E-state index >= 15 is 0 Å². The fourth-order valence-electron chi connectivity index (χ4n) is 3.23. The minimum Gasteiger partial charge on any atom is -0.468 e. The van der Waals surface area contributed by atoms with Crippen molar-refractivity contribution in [3.8, 4) is 11.8 Å². The van der Waals surface area contributed by atoms with E-state index in [0.717, 1.165) is 24.0 Å². The molecule has 0 aliphatic rings. The van der Waals surface area contributed by atoms with Crippen LogP contribution in [0.15, 0.2) is 29.8 Å². The number of nitrogens with zero attached hydrogens (tertiary/aromatic N) is 1. The van der Waals surface area contributed by atoms with Crippen molar-refractivity contribution >= 4 is 11.5 Å². The van der Waals surface area contributed by atoms with E-state index in [1.54, 1.807) is 7.11 Å². The highest BCUT2D eigenvalue weighted by Gasteiger charge is 2.19. The van der Waals surface area contributed by atoms with Crippen molar-refractivity contribution in [2.24, 2.45) is 5.92 Å². The van der Waals surface area contributed by atoms with E-state index in [2.05, 4.69) is 18.3 Å². The molecule has 1 aromatic carbocycles. The van der Waals surface area contributed by atoms with E-state index < -0.39 is 0 Å². The maximum absolute atomic E-state index is 12.6. The second kappa shape index (κ2) is 14.6. The van der Waals surface area contributed by atoms with Crippen LogP contribution in [0, 0.1) is 17.2 Å². The summed E-state index contributed by atoms with van der Waals surface area (Å²) in [6.07, 6.45) is 8.34. The zero-order valence-corrected chi connectivity index (χ0v) is 18.4. The quantitative estimate of drug-likeness (QED) is 0.195. The van der Waals surface area contributed by atoms with Gasteiger partial charge in [-0.1, -0.05) is 71.4 Å². The fraction of sp³-hybridized carbons (Fsp3) is 0.583. The van der Waals surface area contributed by atoms with Gasteiger partial charge in [-0.05, 0) is 35.6 Å². The first-order chi connectivity index (χ1) is 14.0. The van der Waals surface area contributed by atoms with Crippen molar-refractivity contribution in [3.63, 3.8) is 0 Å². The Hall–Kier alpha value is -2.32. The highest BCUT2D eigenvalue weighted by atomic mass is 16.7. The largest absolute Gasteiger partial charge is 0.468 e. The van der Waals surface area contributed by atoms with Gasteiger partial charge in [0, 0.05) is 13.7 Å². The van der Waals surface area contributed by atoms with Crippen molar-refractivity contribution in [3.05, 3.63) is 35.4 Å². The molecule has 0 aliphatic carbocycles. The molecule has 1 rings (SSSR count). The van der Waals surface area contributed by atoms with Crippen molar-refractivity contribution < 1.29 is 14.3 Å². The lowest BCUT2D eigenvalue weighted by atomic mass is 9.90. The predicted octanol–water partition coefficient (Wildman–Crippen LogP) is 5.47. The van der Waals surface area contributed by atoms with Crippen LogP contribution >= 0.6 is 0 Å². The fourth-order valence-corrected chi connectivity index (χ4v) is 3.23. The molecular formula is C24H36N2O3. The highest BCUT2D eigenvalue weighted by Crippen LogP contribution is 2.28. The number of rotatable bonds is 14. The Labute approximate surface area is 176 Å². The summed E-state index contributed by atoms with van der Waals surface area (Å²) in [4.78, 5) is 12.6. The van der Waals surface area contributed by atoms with E-state index in [1.807, 2.05) is 38.1 Å². The van der Waals surface area contributed by atoms with E-state index in [0.29, 0.717) is 12.3 Å². The molecule has 0 bridgehead atoms. The lowest BCUT2D eigenvalue weighted by molar-refractivity contribution is -0.117. The Morgan fingerprint density at radius 3 is 2.24 bits per heavy atom. The predicted molar refractivity (Wildman–Crippen MR) is 117 cm³/mol. The van der Waals surface area contributed by atoms with Crippen LogP contribution in [-0.4, -0.2) is 26.4 Å². The molecule has 0 atom stereocenters. The van der Waals surface area contributed by atoms with Gasteiger partial charge in [0.15, 0.2) is 6.79 Å². The molecule has 160 valence electrons. The summed E-state index contributed by atoms with van der Waals surface area (Å²) in [6.45, 7) is 6.98. The normalized spacial score (nSPS) is 11.7. The average molecular weight is 401 g/mol. The number of methoxy groups -OCH3 is 1. The molecule has 5 nitrogen and oxygen atoms in total. The third-order valence-corrected chi connectivity index (χ3v) is 4.76. The van der Waals surface area contributed by atoms with Crippen LogP contribution in [0.4, 0.5) is 0 Å². The molecule has 0 saturated carbocycles. The lowest BCUT2D eigenvalue weighted by Gasteiger charge is -2.15. The number of hydrogen-bond acceptors (Lipinski definition) is 4. The number of allylic oxidation sites excluding steroid dienone is 1. The molecule has 0 aliphatic heterocycles. The van der Waals surface area contributed by atoms with Gasteiger partial charge in [0.05, 0.1) is 0 Å². The van der Waals surface area contributed by atoms with Gasteiger partial charge >= 0.3 is 0 Å². The van der Waals surface area contributed by atoms with E-state index in [-0.39, 0.29) is 24.2 Å². The molecule has 0 unspecified atom stereocenters. The van der Waals surface area contributed by atoms with Gasteiger partial charge < -0.3 is 14.8 Å². The molecule has 1 N–H and O–H groups in total. The van der Waals surface area contributed by atoms with Crippen LogP contribution in [0.5, 0.6) is 5.75 Å². The third kappa shape index (κ3) is 9.15. The van der Waals surface area contributed by atoms with Crippen LogP contribution in [-0.2, 0) is 9.53 Å². The monoisotopic (exact) mass is 400 g/mol. The van der Waals surface area contributed by atoms with E-state index in [4.69, 9.17) is 9.47 Å². The molecule has 1 amide bonds. The summed E-state index contributed by atoms with van der Waals surface area (Å²) in [7, 11) is 1.57. The summed E-state index contributed by atoms with van der Waals surface area (Å²) in [5, 5.41) is 12.6. The first-order valence-corrected chi connectivity index (χ1v) is 10.7. The standard InChI is InChI=1S/C24H36N2O3/c1-5-6-7-8-9-10-11-16-26-24(27)22(17-25)23(19(2)3)20-12-14-21(15-13-20)29-18-28-4/h12-15,19H,5-11,16,18H2,1-4H3,(H,26,27)/b23-22+. The van der Waals surface area contributed by atoms with Gasteiger partial charge in [0.1, 0.15) is 17.4 Å². The number of benzene rings is 1. The zero-order valence-electron chi connectivity index (χ0n) is 18.4. The van der Waals surface area contributed by atoms with Gasteiger partial charge in [-0.2, -0.15) is 5.26 Å². The molecule has 5 heteroatoms. The van der Waals surface area contributed by atoms with Gasteiger partial charge in [-0.25, -0.2) is 0 Å². The SMILES string of the molecule is CCCCCCCCCNC(=O)/C(C#N)=C(/c1ccc(OCOC)cc1)C(C)C. The first kappa shape index (κ1) is 24.7. The molecule has 1 aromatic rings. The van der Waals surface area contributed by atoms with Crippen molar-refractivity contribution in [1.82, 2.24) is 5.32 Å². The molecule has 0 aromatic heterocycles. The van der Waals surface area contributed by atoms with Gasteiger partial charge in [-0.15, -0.1) is 0 Å². The number of nitrogens with one attached hydrogen (secondary N) is 1. The summed E-state index contributed by atoms with van der Waals surface area (Å²) in [6, 6.07) is 9.52. The van der Waals surface area contributed by atoms with Crippen LogP contribution in [0.1, 0.15) is 71.3 Å². The Morgan fingerprint density at radius 1 is 1.07 bits per heavy atom. The zero-order chi connectivity index (χ0) is 21.5. The molecule has 29 heavy (non-hydrogen) atoms. The van der Waals surface area contributed by atoms with Crippen LogP contribution in [0.2, 0.25) is 0 Å². The maximum atomic E-state index is 12.6. The van der Waals surface area contributed by atoms with E-state index in [1.165, 1.54) is 32.1 Å². The van der Waals surface area contributed by atoms with Gasteiger partial charge in [0.25, 0.3) is 5.91 Å². The summed E-state index contributed by atoms with van der Waals surface area (Å²) >= 11 is 0. The lowest BCUT2D eigenvalue weighted by Crippen LogP contribution is -2.27.